The van der Waals surface area contributed by atoms with Crippen molar-refractivity contribution in [3.63, 3.8) is 0 Å². The van der Waals surface area contributed by atoms with Gasteiger partial charge in [-0.05, 0) is 75.7 Å². The number of aryl methyl sites for hydroxylation is 3. The number of thiazole rings is 1. The number of hydrogen-bond donors (Lipinski definition) is 0. The van der Waals surface area contributed by atoms with E-state index in [1.54, 1.807) is 17.0 Å². The van der Waals surface area contributed by atoms with Gasteiger partial charge in [-0.1, -0.05) is 22.9 Å². The average Bonchev–Trinajstić information content (AvgIpc) is 3.39. The maximum Gasteiger partial charge on any atom is 0.266 e. The highest BCUT2D eigenvalue weighted by Crippen LogP contribution is 2.33. The Bertz CT molecular complexity index is 1300. The summed E-state index contributed by atoms with van der Waals surface area (Å²) < 4.78 is 14.1. The molecular formula is C25H27ClN4O3S. The highest BCUT2D eigenvalue weighted by molar-refractivity contribution is 7.22. The monoisotopic (exact) mass is 498 g/mol. The Morgan fingerprint density at radius 1 is 1.09 bits per heavy atom. The summed E-state index contributed by atoms with van der Waals surface area (Å²) >= 11 is 7.76. The zero-order valence-corrected chi connectivity index (χ0v) is 21.2. The lowest BCUT2D eigenvalue weighted by Crippen LogP contribution is -2.37. The summed E-state index contributed by atoms with van der Waals surface area (Å²) in [5, 5.41) is 5.79. The van der Waals surface area contributed by atoms with Gasteiger partial charge in [0, 0.05) is 17.3 Å². The molecule has 1 amide bonds. The van der Waals surface area contributed by atoms with E-state index < -0.39 is 0 Å². The minimum absolute atomic E-state index is 0.110. The highest BCUT2D eigenvalue weighted by atomic mass is 35.5. The number of nitrogens with zero attached hydrogens (tertiary/aromatic N) is 4. The van der Waals surface area contributed by atoms with Gasteiger partial charge in [-0.3, -0.25) is 14.4 Å². The number of halogens is 1. The van der Waals surface area contributed by atoms with Crippen LogP contribution < -0.4 is 14.4 Å². The molecule has 2 heterocycles. The van der Waals surface area contributed by atoms with E-state index in [4.69, 9.17) is 26.1 Å². The molecule has 0 aliphatic carbocycles. The van der Waals surface area contributed by atoms with Crippen molar-refractivity contribution in [1.29, 1.82) is 0 Å². The number of aromatic nitrogens is 3. The zero-order valence-electron chi connectivity index (χ0n) is 19.7. The van der Waals surface area contributed by atoms with Gasteiger partial charge < -0.3 is 9.47 Å². The van der Waals surface area contributed by atoms with E-state index in [0.29, 0.717) is 35.6 Å². The number of anilines is 1. The van der Waals surface area contributed by atoms with Crippen LogP contribution in [0.4, 0.5) is 5.13 Å². The molecular weight excluding hydrogens is 472 g/mol. The van der Waals surface area contributed by atoms with Gasteiger partial charge in [0.2, 0.25) is 0 Å². The fourth-order valence-corrected chi connectivity index (χ4v) is 4.87. The van der Waals surface area contributed by atoms with Gasteiger partial charge in [-0.25, -0.2) is 4.98 Å². The third-order valence-corrected chi connectivity index (χ3v) is 6.86. The van der Waals surface area contributed by atoms with Crippen molar-refractivity contribution in [2.24, 2.45) is 0 Å². The molecule has 7 nitrogen and oxygen atoms in total. The van der Waals surface area contributed by atoms with Crippen molar-refractivity contribution in [2.75, 3.05) is 24.7 Å². The van der Waals surface area contributed by atoms with E-state index in [2.05, 4.69) is 5.10 Å². The summed E-state index contributed by atoms with van der Waals surface area (Å²) in [4.78, 5) is 19.7. The maximum absolute atomic E-state index is 13.3. The summed E-state index contributed by atoms with van der Waals surface area (Å²) in [6, 6.07) is 13.0. The molecule has 0 unspecified atom stereocenters. The van der Waals surface area contributed by atoms with Gasteiger partial charge in [0.15, 0.2) is 11.7 Å². The zero-order chi connectivity index (χ0) is 24.2. The first-order valence-corrected chi connectivity index (χ1v) is 12.3. The number of benzene rings is 2. The van der Waals surface area contributed by atoms with Crippen LogP contribution in [-0.2, 0) is 11.3 Å². The number of carbonyl (C=O) groups is 1. The van der Waals surface area contributed by atoms with Gasteiger partial charge in [-0.15, -0.1) is 0 Å². The van der Waals surface area contributed by atoms with Crippen LogP contribution in [0.1, 0.15) is 23.9 Å². The second-order valence-electron chi connectivity index (χ2n) is 7.90. The van der Waals surface area contributed by atoms with Crippen LogP contribution in [0.25, 0.3) is 10.2 Å². The average molecular weight is 499 g/mol. The van der Waals surface area contributed by atoms with Crippen LogP contribution in [-0.4, -0.2) is 40.4 Å². The molecule has 4 rings (SSSR count). The Morgan fingerprint density at radius 3 is 2.44 bits per heavy atom. The smallest absolute Gasteiger partial charge is 0.266 e. The van der Waals surface area contributed by atoms with E-state index in [1.807, 2.05) is 62.7 Å². The molecule has 2 aromatic carbocycles. The molecule has 0 aliphatic rings. The minimum atomic E-state index is -0.182. The molecule has 0 bridgehead atoms. The molecule has 0 saturated heterocycles. The molecule has 0 spiro atoms. The van der Waals surface area contributed by atoms with Gasteiger partial charge in [0.25, 0.3) is 5.91 Å². The SMILES string of the molecule is CCOc1ccc(OCC(=O)N(CCn2nc(C)cc2C)c2nc3c(C)c(Cl)ccc3s2)cc1. The van der Waals surface area contributed by atoms with Crippen molar-refractivity contribution in [2.45, 2.75) is 34.2 Å². The van der Waals surface area contributed by atoms with Crippen LogP contribution in [0.3, 0.4) is 0 Å². The summed E-state index contributed by atoms with van der Waals surface area (Å²) in [5.41, 5.74) is 3.70. The summed E-state index contributed by atoms with van der Waals surface area (Å²) in [6.07, 6.45) is 0. The van der Waals surface area contributed by atoms with E-state index in [1.165, 1.54) is 11.3 Å². The van der Waals surface area contributed by atoms with E-state index in [9.17, 15) is 4.79 Å². The van der Waals surface area contributed by atoms with Crippen molar-refractivity contribution < 1.29 is 14.3 Å². The van der Waals surface area contributed by atoms with Gasteiger partial charge in [0.1, 0.15) is 11.5 Å². The predicted molar refractivity (Wildman–Crippen MR) is 137 cm³/mol. The van der Waals surface area contributed by atoms with Crippen LogP contribution in [0.2, 0.25) is 5.02 Å². The predicted octanol–water partition coefficient (Wildman–Crippen LogP) is 5.58. The first kappa shape index (κ1) is 24.0. The van der Waals surface area contributed by atoms with Crippen molar-refractivity contribution in [3.8, 4) is 11.5 Å². The molecule has 4 aromatic rings. The quantitative estimate of drug-likeness (QED) is 0.301. The normalized spacial score (nSPS) is 11.1. The molecule has 178 valence electrons. The van der Waals surface area contributed by atoms with Crippen molar-refractivity contribution in [3.05, 3.63) is 64.4 Å². The molecule has 9 heteroatoms. The molecule has 0 aliphatic heterocycles. The number of ether oxygens (including phenoxy) is 2. The largest absolute Gasteiger partial charge is 0.494 e. The van der Waals surface area contributed by atoms with E-state index >= 15 is 0 Å². The third kappa shape index (κ3) is 5.34. The number of amides is 1. The Labute approximate surface area is 207 Å². The Balaban J connectivity index is 1.55. The summed E-state index contributed by atoms with van der Waals surface area (Å²) in [7, 11) is 0. The lowest BCUT2D eigenvalue weighted by atomic mass is 10.2. The number of rotatable bonds is 9. The summed E-state index contributed by atoms with van der Waals surface area (Å²) in [5.74, 6) is 1.18. The van der Waals surface area contributed by atoms with Gasteiger partial charge >= 0.3 is 0 Å². The minimum Gasteiger partial charge on any atom is -0.494 e. The number of hydrogen-bond acceptors (Lipinski definition) is 6. The van der Waals surface area contributed by atoms with Gasteiger partial charge in [-0.2, -0.15) is 5.10 Å². The van der Waals surface area contributed by atoms with E-state index in [0.717, 1.165) is 32.9 Å². The second-order valence-corrected chi connectivity index (χ2v) is 9.32. The first-order valence-electron chi connectivity index (χ1n) is 11.1. The number of fused-ring (bicyclic) bond motifs is 1. The van der Waals surface area contributed by atoms with Crippen molar-refractivity contribution >= 4 is 44.2 Å². The third-order valence-electron chi connectivity index (χ3n) is 5.40. The van der Waals surface area contributed by atoms with Crippen LogP contribution in [0.5, 0.6) is 11.5 Å². The molecule has 34 heavy (non-hydrogen) atoms. The molecule has 0 atom stereocenters. The molecule has 2 aromatic heterocycles. The Hall–Kier alpha value is -3.10. The molecule has 0 saturated carbocycles. The number of carbonyl (C=O) groups excluding carboxylic acids is 1. The maximum atomic E-state index is 13.3. The van der Waals surface area contributed by atoms with Crippen molar-refractivity contribution in [1.82, 2.24) is 14.8 Å². The molecule has 0 radical (unpaired) electrons. The van der Waals surface area contributed by atoms with Crippen LogP contribution >= 0.6 is 22.9 Å². The summed E-state index contributed by atoms with van der Waals surface area (Å²) in [6.45, 7) is 9.27. The lowest BCUT2D eigenvalue weighted by Gasteiger charge is -2.20. The lowest BCUT2D eigenvalue weighted by molar-refractivity contribution is -0.120. The Kier molecular flexibility index (Phi) is 7.38. The topological polar surface area (TPSA) is 69.5 Å². The van der Waals surface area contributed by atoms with E-state index in [-0.39, 0.29) is 12.5 Å². The van der Waals surface area contributed by atoms with Gasteiger partial charge in [0.05, 0.1) is 29.1 Å². The van der Waals surface area contributed by atoms with Crippen LogP contribution in [0, 0.1) is 20.8 Å². The second kappa shape index (κ2) is 10.4. The van der Waals surface area contributed by atoms with Crippen LogP contribution in [0.15, 0.2) is 42.5 Å². The molecule has 0 fully saturated rings. The standard InChI is InChI=1S/C25H27ClN4O3S/c1-5-32-19-6-8-20(9-7-19)33-15-23(31)29(12-13-30-17(3)14-16(2)28-30)25-27-24-18(4)21(26)10-11-22(24)34-25/h6-11,14H,5,12-13,15H2,1-4H3. The fraction of sp³-hybridized carbons (Fsp3) is 0.320. The highest BCUT2D eigenvalue weighted by Gasteiger charge is 2.22. The molecule has 0 N–H and O–H groups in total. The first-order chi connectivity index (χ1) is 16.4. The Morgan fingerprint density at radius 2 is 1.79 bits per heavy atom. The fourth-order valence-electron chi connectivity index (χ4n) is 3.65.